The van der Waals surface area contributed by atoms with Crippen molar-refractivity contribution in [1.82, 2.24) is 19.5 Å². The SMILES string of the molecule is CN(C)C(=O)N1CCN(c2ccc3ccc(C(=O)NCC4CC4)cn23)CC1. The predicted molar refractivity (Wildman–Crippen MR) is 105 cm³/mol. The Labute approximate surface area is 159 Å². The highest BCUT2D eigenvalue weighted by molar-refractivity contribution is 5.94. The van der Waals surface area contributed by atoms with Crippen LogP contribution in [0.25, 0.3) is 5.52 Å². The average Bonchev–Trinajstić information content (AvgIpc) is 3.42. The van der Waals surface area contributed by atoms with Gasteiger partial charge in [-0.25, -0.2) is 4.79 Å². The van der Waals surface area contributed by atoms with Gasteiger partial charge < -0.3 is 24.4 Å². The molecule has 2 fully saturated rings. The molecule has 2 aromatic rings. The minimum Gasteiger partial charge on any atom is -0.354 e. The molecule has 2 aliphatic rings. The van der Waals surface area contributed by atoms with Gasteiger partial charge >= 0.3 is 6.03 Å². The fourth-order valence-electron chi connectivity index (χ4n) is 3.55. The Balaban J connectivity index is 1.48. The van der Waals surface area contributed by atoms with E-state index in [-0.39, 0.29) is 11.9 Å². The number of hydrogen-bond donors (Lipinski definition) is 1. The first kappa shape index (κ1) is 17.7. The van der Waals surface area contributed by atoms with Gasteiger partial charge in [0.2, 0.25) is 0 Å². The molecule has 0 radical (unpaired) electrons. The minimum absolute atomic E-state index is 0.00940. The molecule has 144 valence electrons. The van der Waals surface area contributed by atoms with Gasteiger partial charge in [0.1, 0.15) is 5.82 Å². The third-order valence-electron chi connectivity index (χ3n) is 5.40. The van der Waals surface area contributed by atoms with Crippen LogP contribution in [0.2, 0.25) is 0 Å². The summed E-state index contributed by atoms with van der Waals surface area (Å²) in [7, 11) is 3.57. The maximum atomic E-state index is 12.4. The number of nitrogens with one attached hydrogen (secondary N) is 1. The Morgan fingerprint density at radius 3 is 2.44 bits per heavy atom. The highest BCUT2D eigenvalue weighted by atomic mass is 16.2. The van der Waals surface area contributed by atoms with Crippen molar-refractivity contribution < 1.29 is 9.59 Å². The number of fused-ring (bicyclic) bond motifs is 1. The van der Waals surface area contributed by atoms with Gasteiger partial charge in [-0.15, -0.1) is 0 Å². The van der Waals surface area contributed by atoms with Crippen molar-refractivity contribution in [3.63, 3.8) is 0 Å². The molecule has 0 unspecified atom stereocenters. The third kappa shape index (κ3) is 3.72. The van der Waals surface area contributed by atoms with Gasteiger partial charge in [0, 0.05) is 58.5 Å². The van der Waals surface area contributed by atoms with Crippen molar-refractivity contribution in [2.45, 2.75) is 12.8 Å². The standard InChI is InChI=1S/C20H27N5O2/c1-22(2)20(27)24-11-9-23(10-12-24)18-8-7-17-6-5-16(14-25(17)18)19(26)21-13-15-3-4-15/h5-8,14-15H,3-4,9-13H2,1-2H3,(H,21,26). The molecule has 3 amide bonds. The molecule has 1 saturated carbocycles. The maximum Gasteiger partial charge on any atom is 0.319 e. The highest BCUT2D eigenvalue weighted by Gasteiger charge is 2.24. The molecule has 0 aromatic carbocycles. The molecule has 7 heteroatoms. The lowest BCUT2D eigenvalue weighted by molar-refractivity contribution is 0.0951. The summed E-state index contributed by atoms with van der Waals surface area (Å²) in [5.41, 5.74) is 1.75. The van der Waals surface area contributed by atoms with Crippen molar-refractivity contribution in [3.05, 3.63) is 36.0 Å². The van der Waals surface area contributed by atoms with Gasteiger partial charge in [-0.2, -0.15) is 0 Å². The Hall–Kier alpha value is -2.70. The second-order valence-electron chi connectivity index (χ2n) is 7.71. The number of urea groups is 1. The summed E-state index contributed by atoms with van der Waals surface area (Å²) in [6, 6.07) is 8.09. The predicted octanol–water partition coefficient (Wildman–Crippen LogP) is 1.88. The second kappa shape index (κ2) is 7.13. The molecular weight excluding hydrogens is 342 g/mol. The van der Waals surface area contributed by atoms with E-state index < -0.39 is 0 Å². The van der Waals surface area contributed by atoms with Gasteiger partial charge in [-0.3, -0.25) is 4.79 Å². The molecule has 3 heterocycles. The van der Waals surface area contributed by atoms with E-state index >= 15 is 0 Å². The summed E-state index contributed by atoms with van der Waals surface area (Å²) in [6.45, 7) is 3.74. The van der Waals surface area contributed by atoms with E-state index in [1.807, 2.05) is 23.2 Å². The van der Waals surface area contributed by atoms with E-state index in [9.17, 15) is 9.59 Å². The minimum atomic E-state index is -0.00940. The fraction of sp³-hybridized carbons (Fsp3) is 0.500. The summed E-state index contributed by atoms with van der Waals surface area (Å²) in [4.78, 5) is 30.3. The summed E-state index contributed by atoms with van der Waals surface area (Å²) < 4.78 is 2.08. The summed E-state index contributed by atoms with van der Waals surface area (Å²) in [5, 5.41) is 3.03. The highest BCUT2D eigenvalue weighted by Crippen LogP contribution is 2.27. The first-order valence-electron chi connectivity index (χ1n) is 9.63. The van der Waals surface area contributed by atoms with Crippen LogP contribution < -0.4 is 10.2 Å². The van der Waals surface area contributed by atoms with E-state index in [0.717, 1.165) is 31.0 Å². The molecule has 27 heavy (non-hydrogen) atoms. The second-order valence-corrected chi connectivity index (χ2v) is 7.71. The van der Waals surface area contributed by atoms with E-state index in [1.165, 1.54) is 12.8 Å². The first-order chi connectivity index (χ1) is 13.0. The number of piperazine rings is 1. The third-order valence-corrected chi connectivity index (χ3v) is 5.40. The van der Waals surface area contributed by atoms with Crippen LogP contribution in [0, 0.1) is 5.92 Å². The zero-order valence-corrected chi connectivity index (χ0v) is 16.0. The molecule has 1 aliphatic carbocycles. The number of carbonyl (C=O) groups excluding carboxylic acids is 2. The average molecular weight is 369 g/mol. The molecule has 0 bridgehead atoms. The van der Waals surface area contributed by atoms with Crippen molar-refractivity contribution >= 4 is 23.3 Å². The molecule has 7 nitrogen and oxygen atoms in total. The molecule has 2 aromatic heterocycles. The van der Waals surface area contributed by atoms with E-state index in [0.29, 0.717) is 24.6 Å². The molecule has 0 spiro atoms. The van der Waals surface area contributed by atoms with Gasteiger partial charge in [0.25, 0.3) is 5.91 Å². The molecular formula is C20H27N5O2. The molecule has 0 atom stereocenters. The number of rotatable bonds is 4. The van der Waals surface area contributed by atoms with Crippen LogP contribution in [0.1, 0.15) is 23.2 Å². The van der Waals surface area contributed by atoms with Gasteiger partial charge in [0.05, 0.1) is 5.56 Å². The molecule has 4 rings (SSSR count). The number of nitrogens with zero attached hydrogens (tertiary/aromatic N) is 4. The van der Waals surface area contributed by atoms with Gasteiger partial charge in [-0.05, 0) is 43.0 Å². The van der Waals surface area contributed by atoms with Crippen molar-refractivity contribution in [3.8, 4) is 0 Å². The summed E-state index contributed by atoms with van der Waals surface area (Å²) >= 11 is 0. The first-order valence-corrected chi connectivity index (χ1v) is 9.63. The van der Waals surface area contributed by atoms with Crippen molar-refractivity contribution in [2.75, 3.05) is 51.7 Å². The van der Waals surface area contributed by atoms with Crippen LogP contribution in [-0.2, 0) is 0 Å². The lowest BCUT2D eigenvalue weighted by atomic mass is 10.2. The topological polar surface area (TPSA) is 60.3 Å². The van der Waals surface area contributed by atoms with Gasteiger partial charge in [-0.1, -0.05) is 0 Å². The van der Waals surface area contributed by atoms with Crippen LogP contribution in [-0.4, -0.2) is 73.0 Å². The Morgan fingerprint density at radius 2 is 1.78 bits per heavy atom. The Kier molecular flexibility index (Phi) is 4.68. The number of anilines is 1. The van der Waals surface area contributed by atoms with Gasteiger partial charge in [0.15, 0.2) is 0 Å². The number of pyridine rings is 1. The fourth-order valence-corrected chi connectivity index (χ4v) is 3.55. The summed E-state index contributed by atoms with van der Waals surface area (Å²) in [5.74, 6) is 1.73. The van der Waals surface area contributed by atoms with Crippen LogP contribution in [0.3, 0.4) is 0 Å². The zero-order valence-electron chi connectivity index (χ0n) is 16.0. The van der Waals surface area contributed by atoms with Crippen LogP contribution in [0.4, 0.5) is 10.6 Å². The molecule has 1 aliphatic heterocycles. The normalized spacial score (nSPS) is 17.3. The number of aromatic nitrogens is 1. The lowest BCUT2D eigenvalue weighted by Gasteiger charge is -2.36. The van der Waals surface area contributed by atoms with Crippen molar-refractivity contribution in [2.24, 2.45) is 5.92 Å². The Bertz CT molecular complexity index is 847. The summed E-state index contributed by atoms with van der Waals surface area (Å²) in [6.07, 6.45) is 4.37. The molecule has 1 saturated heterocycles. The monoisotopic (exact) mass is 369 g/mol. The number of amides is 3. The number of hydrogen-bond acceptors (Lipinski definition) is 3. The van der Waals surface area contributed by atoms with E-state index in [2.05, 4.69) is 26.8 Å². The maximum absolute atomic E-state index is 12.4. The quantitative estimate of drug-likeness (QED) is 0.895. The lowest BCUT2D eigenvalue weighted by Crippen LogP contribution is -2.51. The molecule has 1 N–H and O–H groups in total. The van der Waals surface area contributed by atoms with Crippen LogP contribution in [0.15, 0.2) is 30.5 Å². The van der Waals surface area contributed by atoms with Crippen LogP contribution >= 0.6 is 0 Å². The van der Waals surface area contributed by atoms with E-state index in [4.69, 9.17) is 0 Å². The smallest absolute Gasteiger partial charge is 0.319 e. The van der Waals surface area contributed by atoms with Crippen molar-refractivity contribution in [1.29, 1.82) is 0 Å². The zero-order chi connectivity index (χ0) is 19.0. The number of carbonyl (C=O) groups is 2. The Morgan fingerprint density at radius 1 is 1.07 bits per heavy atom. The van der Waals surface area contributed by atoms with Crippen LogP contribution in [0.5, 0.6) is 0 Å². The van der Waals surface area contributed by atoms with E-state index in [1.54, 1.807) is 19.0 Å². The largest absolute Gasteiger partial charge is 0.354 e.